The van der Waals surface area contributed by atoms with Crippen LogP contribution in [0, 0.1) is 0 Å². The van der Waals surface area contributed by atoms with Crippen LogP contribution in [0.25, 0.3) is 21.8 Å². The Morgan fingerprint density at radius 1 is 1.22 bits per heavy atom. The van der Waals surface area contributed by atoms with Gasteiger partial charge < -0.3 is 14.8 Å². The van der Waals surface area contributed by atoms with Crippen LogP contribution in [0.2, 0.25) is 0 Å². The van der Waals surface area contributed by atoms with Gasteiger partial charge in [0.05, 0.1) is 40.7 Å². The molecule has 0 aliphatic heterocycles. The zero-order valence-electron chi connectivity index (χ0n) is 16.7. The van der Waals surface area contributed by atoms with E-state index in [2.05, 4.69) is 15.1 Å². The van der Waals surface area contributed by atoms with Crippen molar-refractivity contribution in [3.63, 3.8) is 0 Å². The zero-order chi connectivity index (χ0) is 23.0. The Morgan fingerprint density at radius 2 is 1.94 bits per heavy atom. The molecule has 4 rings (SSSR count). The van der Waals surface area contributed by atoms with Gasteiger partial charge in [-0.25, -0.2) is 9.67 Å². The second kappa shape index (κ2) is 7.98. The lowest BCUT2D eigenvalue weighted by atomic mass is 10.1. The van der Waals surface area contributed by atoms with Crippen molar-refractivity contribution < 1.29 is 27.8 Å². The number of aliphatic carboxylic acids is 1. The van der Waals surface area contributed by atoms with Crippen molar-refractivity contribution in [2.24, 2.45) is 0 Å². The first-order valence-electron chi connectivity index (χ1n) is 9.60. The SMILES string of the molecule is CCOc1cc2nc(Cc3nn(CC(=O)O)c(=O)c4ccccc34)[nH]c2cc1C(F)(F)F. The Bertz CT molecular complexity index is 1390. The third-order valence-corrected chi connectivity index (χ3v) is 4.80. The van der Waals surface area contributed by atoms with Gasteiger partial charge in [-0.2, -0.15) is 18.3 Å². The molecule has 0 saturated heterocycles. The molecule has 4 aromatic rings. The quantitative estimate of drug-likeness (QED) is 0.470. The molecule has 2 aromatic heterocycles. The summed E-state index contributed by atoms with van der Waals surface area (Å²) in [6.45, 7) is 1.03. The fraction of sp³-hybridized carbons (Fsp3) is 0.238. The molecule has 2 N–H and O–H groups in total. The molecule has 0 bridgehead atoms. The van der Waals surface area contributed by atoms with Crippen LogP contribution in [0.3, 0.4) is 0 Å². The molecule has 0 aliphatic carbocycles. The number of nitrogens with zero attached hydrogens (tertiary/aromatic N) is 3. The van der Waals surface area contributed by atoms with Crippen LogP contribution >= 0.6 is 0 Å². The largest absolute Gasteiger partial charge is 0.493 e. The number of rotatable bonds is 6. The third-order valence-electron chi connectivity index (χ3n) is 4.80. The Morgan fingerprint density at radius 3 is 2.59 bits per heavy atom. The number of carboxylic acid groups (broad SMARTS) is 1. The van der Waals surface area contributed by atoms with Crippen LogP contribution in [-0.2, 0) is 23.9 Å². The summed E-state index contributed by atoms with van der Waals surface area (Å²) in [7, 11) is 0. The zero-order valence-corrected chi connectivity index (χ0v) is 16.7. The number of benzene rings is 2. The Hall–Kier alpha value is -3.89. The van der Waals surface area contributed by atoms with Crippen LogP contribution in [0.4, 0.5) is 13.2 Å². The molecule has 0 amide bonds. The minimum absolute atomic E-state index is 0.0421. The first-order valence-corrected chi connectivity index (χ1v) is 9.60. The van der Waals surface area contributed by atoms with Gasteiger partial charge in [0.15, 0.2) is 0 Å². The number of H-pyrrole nitrogens is 1. The highest BCUT2D eigenvalue weighted by molar-refractivity contribution is 5.84. The molecule has 0 fully saturated rings. The lowest BCUT2D eigenvalue weighted by Crippen LogP contribution is -2.28. The topological polar surface area (TPSA) is 110 Å². The number of aromatic amines is 1. The van der Waals surface area contributed by atoms with Crippen LogP contribution in [-0.4, -0.2) is 37.4 Å². The molecule has 0 atom stereocenters. The van der Waals surface area contributed by atoms with Gasteiger partial charge in [0.1, 0.15) is 18.1 Å². The van der Waals surface area contributed by atoms with Gasteiger partial charge in [-0.05, 0) is 19.1 Å². The monoisotopic (exact) mass is 446 g/mol. The van der Waals surface area contributed by atoms with Crippen LogP contribution in [0.5, 0.6) is 5.75 Å². The summed E-state index contributed by atoms with van der Waals surface area (Å²) in [4.78, 5) is 30.9. The molecule has 2 heterocycles. The van der Waals surface area contributed by atoms with Crippen LogP contribution in [0.15, 0.2) is 41.2 Å². The third kappa shape index (κ3) is 4.01. The van der Waals surface area contributed by atoms with Gasteiger partial charge in [0.2, 0.25) is 0 Å². The maximum absolute atomic E-state index is 13.4. The van der Waals surface area contributed by atoms with E-state index in [9.17, 15) is 22.8 Å². The summed E-state index contributed by atoms with van der Waals surface area (Å²) in [5, 5.41) is 14.0. The summed E-state index contributed by atoms with van der Waals surface area (Å²) < 4.78 is 46.2. The number of halogens is 3. The number of alkyl halides is 3. The number of aromatic nitrogens is 4. The number of fused-ring (bicyclic) bond motifs is 2. The fourth-order valence-electron chi connectivity index (χ4n) is 3.50. The van der Waals surface area contributed by atoms with E-state index in [1.165, 1.54) is 6.07 Å². The number of carboxylic acids is 1. The van der Waals surface area contributed by atoms with E-state index in [1.54, 1.807) is 31.2 Å². The molecule has 8 nitrogen and oxygen atoms in total. The molecule has 2 aromatic carbocycles. The minimum Gasteiger partial charge on any atom is -0.493 e. The van der Waals surface area contributed by atoms with Crippen LogP contribution < -0.4 is 10.3 Å². The van der Waals surface area contributed by atoms with E-state index in [0.717, 1.165) is 10.7 Å². The van der Waals surface area contributed by atoms with E-state index < -0.39 is 29.8 Å². The molecule has 32 heavy (non-hydrogen) atoms. The molecule has 0 spiro atoms. The summed E-state index contributed by atoms with van der Waals surface area (Å²) in [6, 6.07) is 8.74. The van der Waals surface area contributed by atoms with Crippen molar-refractivity contribution in [1.29, 1.82) is 0 Å². The summed E-state index contributed by atoms with van der Waals surface area (Å²) >= 11 is 0. The van der Waals surface area contributed by atoms with Crippen molar-refractivity contribution in [2.75, 3.05) is 6.61 Å². The molecule has 0 aliphatic rings. The molecule has 0 unspecified atom stereocenters. The maximum atomic E-state index is 13.4. The highest BCUT2D eigenvalue weighted by Crippen LogP contribution is 2.38. The molecule has 0 radical (unpaired) electrons. The van der Waals surface area contributed by atoms with Gasteiger partial charge in [0, 0.05) is 11.5 Å². The van der Waals surface area contributed by atoms with Crippen molar-refractivity contribution >= 4 is 27.8 Å². The van der Waals surface area contributed by atoms with Crippen molar-refractivity contribution in [1.82, 2.24) is 19.7 Å². The van der Waals surface area contributed by atoms with Crippen molar-refractivity contribution in [3.8, 4) is 5.75 Å². The number of imidazole rings is 1. The molecular formula is C21H17F3N4O4. The summed E-state index contributed by atoms with van der Waals surface area (Å²) in [5.74, 6) is -1.24. The highest BCUT2D eigenvalue weighted by Gasteiger charge is 2.35. The standard InChI is InChI=1S/C21H17F3N4O4/c1-2-32-17-8-16-15(7-13(17)21(22,23)24)25-18(26-16)9-14-11-5-3-4-6-12(11)20(31)28(27-14)10-19(29)30/h3-8H,2,9-10H2,1H3,(H,25,26)(H,29,30). The van der Waals surface area contributed by atoms with Crippen molar-refractivity contribution in [3.05, 3.63) is 63.8 Å². The Kier molecular flexibility index (Phi) is 5.33. The highest BCUT2D eigenvalue weighted by atomic mass is 19.4. The predicted octanol–water partition coefficient (Wildman–Crippen LogP) is 3.37. The van der Waals surface area contributed by atoms with E-state index in [4.69, 9.17) is 9.84 Å². The molecule has 166 valence electrons. The van der Waals surface area contributed by atoms with Gasteiger partial charge in [-0.15, -0.1) is 0 Å². The maximum Gasteiger partial charge on any atom is 0.420 e. The smallest absolute Gasteiger partial charge is 0.420 e. The molecule has 11 heteroatoms. The number of hydrogen-bond donors (Lipinski definition) is 2. The van der Waals surface area contributed by atoms with Gasteiger partial charge in [-0.1, -0.05) is 18.2 Å². The number of carbonyl (C=O) groups is 1. The normalized spacial score (nSPS) is 11.9. The average molecular weight is 446 g/mol. The van der Waals surface area contributed by atoms with Crippen LogP contribution in [0.1, 0.15) is 24.0 Å². The van der Waals surface area contributed by atoms with E-state index in [1.807, 2.05) is 0 Å². The number of nitrogens with one attached hydrogen (secondary N) is 1. The average Bonchev–Trinajstić information content (AvgIpc) is 3.11. The number of ether oxygens (including phenoxy) is 1. The first kappa shape index (κ1) is 21.3. The van der Waals surface area contributed by atoms with E-state index >= 15 is 0 Å². The van der Waals surface area contributed by atoms with Gasteiger partial charge in [0.25, 0.3) is 5.56 Å². The predicted molar refractivity (Wildman–Crippen MR) is 109 cm³/mol. The summed E-state index contributed by atoms with van der Waals surface area (Å²) in [5.41, 5.74) is -0.659. The van der Waals surface area contributed by atoms with Gasteiger partial charge in [-0.3, -0.25) is 9.59 Å². The fourth-order valence-corrected chi connectivity index (χ4v) is 3.50. The first-order chi connectivity index (χ1) is 15.2. The van der Waals surface area contributed by atoms with E-state index in [0.29, 0.717) is 16.9 Å². The lowest BCUT2D eigenvalue weighted by molar-refractivity contribution is -0.139. The van der Waals surface area contributed by atoms with Crippen molar-refractivity contribution in [2.45, 2.75) is 26.1 Å². The van der Waals surface area contributed by atoms with E-state index in [-0.39, 0.29) is 35.2 Å². The minimum atomic E-state index is -4.60. The summed E-state index contributed by atoms with van der Waals surface area (Å²) in [6.07, 6.45) is -4.56. The second-order valence-corrected chi connectivity index (χ2v) is 7.01. The lowest BCUT2D eigenvalue weighted by Gasteiger charge is -2.12. The molecular weight excluding hydrogens is 429 g/mol. The second-order valence-electron chi connectivity index (χ2n) is 7.01. The molecule has 0 saturated carbocycles. The number of hydrogen-bond acceptors (Lipinski definition) is 5. The Labute approximate surface area is 178 Å². The Balaban J connectivity index is 1.82. The van der Waals surface area contributed by atoms with Gasteiger partial charge >= 0.3 is 12.1 Å².